The van der Waals surface area contributed by atoms with Crippen LogP contribution in [0.25, 0.3) is 0 Å². The van der Waals surface area contributed by atoms with Gasteiger partial charge in [-0.2, -0.15) is 5.10 Å². The zero-order valence-corrected chi connectivity index (χ0v) is 21.5. The molecule has 0 radical (unpaired) electrons. The van der Waals surface area contributed by atoms with E-state index in [2.05, 4.69) is 20.7 Å². The standard InChI is InChI=1S/C21H28N6O3S.HI/c1-15-20(16(2)27(3)26-15)14-25-21(23-11-10-18-5-4-12-30-18)24-13-17-6-8-19(9-7-17)31(22,28)29;/h4-9,12H,10-11,13-14H2,1-3H3,(H2,22,28,29)(H2,23,24,25);1H. The van der Waals surface area contributed by atoms with Gasteiger partial charge in [0.2, 0.25) is 10.0 Å². The molecule has 174 valence electrons. The molecule has 9 nitrogen and oxygen atoms in total. The fourth-order valence-electron chi connectivity index (χ4n) is 3.13. The van der Waals surface area contributed by atoms with Crippen LogP contribution in [-0.4, -0.2) is 30.7 Å². The molecule has 3 rings (SSSR count). The summed E-state index contributed by atoms with van der Waals surface area (Å²) in [6.45, 7) is 5.63. The van der Waals surface area contributed by atoms with E-state index in [0.717, 1.165) is 34.7 Å². The number of benzene rings is 1. The minimum atomic E-state index is -3.71. The number of nitrogens with two attached hydrogens (primary N) is 1. The van der Waals surface area contributed by atoms with Crippen LogP contribution in [0.2, 0.25) is 0 Å². The number of hydrogen-bond acceptors (Lipinski definition) is 5. The van der Waals surface area contributed by atoms with E-state index in [0.29, 0.717) is 25.6 Å². The summed E-state index contributed by atoms with van der Waals surface area (Å²) < 4.78 is 30.1. The Kier molecular flexibility index (Phi) is 9.28. The number of nitrogens with zero attached hydrogens (tertiary/aromatic N) is 3. The van der Waals surface area contributed by atoms with Gasteiger partial charge in [-0.05, 0) is 43.7 Å². The maximum absolute atomic E-state index is 11.4. The molecular formula is C21H29IN6O3S. The lowest BCUT2D eigenvalue weighted by Crippen LogP contribution is -2.38. The highest BCUT2D eigenvalue weighted by atomic mass is 127. The molecule has 0 aliphatic rings. The maximum atomic E-state index is 11.4. The van der Waals surface area contributed by atoms with Crippen molar-refractivity contribution in [2.45, 2.75) is 38.3 Å². The lowest BCUT2D eigenvalue weighted by molar-refractivity contribution is 0.506. The Labute approximate surface area is 205 Å². The number of primary sulfonamides is 1. The van der Waals surface area contributed by atoms with Crippen molar-refractivity contribution in [1.82, 2.24) is 20.4 Å². The highest BCUT2D eigenvalue weighted by molar-refractivity contribution is 14.0. The van der Waals surface area contributed by atoms with E-state index < -0.39 is 10.0 Å². The molecule has 2 heterocycles. The first-order valence-corrected chi connectivity index (χ1v) is 11.4. The topological polar surface area (TPSA) is 128 Å². The minimum absolute atomic E-state index is 0. The van der Waals surface area contributed by atoms with Crippen LogP contribution in [0.3, 0.4) is 0 Å². The Morgan fingerprint density at radius 3 is 2.47 bits per heavy atom. The van der Waals surface area contributed by atoms with Gasteiger partial charge in [0.25, 0.3) is 0 Å². The van der Waals surface area contributed by atoms with Gasteiger partial charge in [0.05, 0.1) is 23.4 Å². The van der Waals surface area contributed by atoms with Gasteiger partial charge in [0.15, 0.2) is 5.96 Å². The van der Waals surface area contributed by atoms with Crippen LogP contribution in [0.5, 0.6) is 0 Å². The number of aromatic nitrogens is 2. The van der Waals surface area contributed by atoms with Gasteiger partial charge in [0, 0.05) is 37.8 Å². The summed E-state index contributed by atoms with van der Waals surface area (Å²) in [5.41, 5.74) is 4.06. The highest BCUT2D eigenvalue weighted by Gasteiger charge is 2.10. The first kappa shape index (κ1) is 25.9. The van der Waals surface area contributed by atoms with E-state index in [-0.39, 0.29) is 28.9 Å². The fraction of sp³-hybridized carbons (Fsp3) is 0.333. The molecule has 11 heteroatoms. The van der Waals surface area contributed by atoms with Crippen molar-refractivity contribution in [3.05, 3.63) is 70.9 Å². The van der Waals surface area contributed by atoms with Gasteiger partial charge < -0.3 is 15.1 Å². The Hall–Kier alpha value is -2.38. The van der Waals surface area contributed by atoms with E-state index in [4.69, 9.17) is 9.56 Å². The molecule has 0 unspecified atom stereocenters. The number of rotatable bonds is 8. The van der Waals surface area contributed by atoms with Crippen molar-refractivity contribution in [1.29, 1.82) is 0 Å². The number of sulfonamides is 1. The van der Waals surface area contributed by atoms with Crippen LogP contribution >= 0.6 is 24.0 Å². The molecule has 0 fully saturated rings. The van der Waals surface area contributed by atoms with Crippen LogP contribution in [0, 0.1) is 13.8 Å². The first-order chi connectivity index (χ1) is 14.7. The predicted octanol–water partition coefficient (Wildman–Crippen LogP) is 2.37. The molecule has 1 aromatic carbocycles. The molecule has 0 spiro atoms. The first-order valence-electron chi connectivity index (χ1n) is 9.89. The Bertz CT molecular complexity index is 1140. The zero-order valence-electron chi connectivity index (χ0n) is 18.3. The van der Waals surface area contributed by atoms with Crippen LogP contribution < -0.4 is 15.8 Å². The van der Waals surface area contributed by atoms with Crippen molar-refractivity contribution in [3.63, 3.8) is 0 Å². The number of guanidine groups is 1. The number of furan rings is 1. The van der Waals surface area contributed by atoms with Crippen molar-refractivity contribution in [2.24, 2.45) is 17.2 Å². The molecule has 0 aliphatic carbocycles. The quantitative estimate of drug-likeness (QED) is 0.216. The Morgan fingerprint density at radius 2 is 1.91 bits per heavy atom. The summed E-state index contributed by atoms with van der Waals surface area (Å²) >= 11 is 0. The SMILES string of the molecule is Cc1nn(C)c(C)c1CNC(=NCc1ccc(S(N)(=O)=O)cc1)NCCc1ccco1.I. The molecule has 2 aromatic heterocycles. The third kappa shape index (κ3) is 7.07. The average molecular weight is 572 g/mol. The summed E-state index contributed by atoms with van der Waals surface area (Å²) in [7, 11) is -1.78. The number of hydrogen-bond donors (Lipinski definition) is 3. The zero-order chi connectivity index (χ0) is 22.4. The van der Waals surface area contributed by atoms with Crippen molar-refractivity contribution < 1.29 is 12.8 Å². The fourth-order valence-corrected chi connectivity index (χ4v) is 3.65. The number of aliphatic imine (C=N–C) groups is 1. The Morgan fingerprint density at radius 1 is 1.19 bits per heavy atom. The largest absolute Gasteiger partial charge is 0.469 e. The van der Waals surface area contributed by atoms with E-state index in [1.807, 2.05) is 37.7 Å². The molecule has 0 aliphatic heterocycles. The smallest absolute Gasteiger partial charge is 0.238 e. The third-order valence-corrected chi connectivity index (χ3v) is 5.94. The van der Waals surface area contributed by atoms with Gasteiger partial charge in [-0.25, -0.2) is 18.5 Å². The average Bonchev–Trinajstić information content (AvgIpc) is 3.32. The van der Waals surface area contributed by atoms with Crippen LogP contribution in [0.15, 0.2) is 57.0 Å². The molecule has 0 atom stereocenters. The minimum Gasteiger partial charge on any atom is -0.469 e. The molecule has 32 heavy (non-hydrogen) atoms. The van der Waals surface area contributed by atoms with Gasteiger partial charge in [-0.1, -0.05) is 12.1 Å². The number of halogens is 1. The maximum Gasteiger partial charge on any atom is 0.238 e. The van der Waals surface area contributed by atoms with E-state index >= 15 is 0 Å². The Balaban J connectivity index is 0.00000363. The van der Waals surface area contributed by atoms with E-state index in [1.54, 1.807) is 18.4 Å². The predicted molar refractivity (Wildman–Crippen MR) is 134 cm³/mol. The molecule has 3 aromatic rings. The van der Waals surface area contributed by atoms with Crippen molar-refractivity contribution in [3.8, 4) is 0 Å². The van der Waals surface area contributed by atoms with Gasteiger partial charge in [0.1, 0.15) is 5.76 Å². The third-order valence-electron chi connectivity index (χ3n) is 5.01. The second-order valence-corrected chi connectivity index (χ2v) is 8.80. The van der Waals surface area contributed by atoms with E-state index in [1.165, 1.54) is 12.1 Å². The second-order valence-electron chi connectivity index (χ2n) is 7.24. The molecule has 0 saturated carbocycles. The normalized spacial score (nSPS) is 11.8. The van der Waals surface area contributed by atoms with Gasteiger partial charge in [-0.15, -0.1) is 24.0 Å². The monoisotopic (exact) mass is 572 g/mol. The lowest BCUT2D eigenvalue weighted by atomic mass is 10.2. The summed E-state index contributed by atoms with van der Waals surface area (Å²) in [6.07, 6.45) is 2.38. The molecule has 0 bridgehead atoms. The lowest BCUT2D eigenvalue weighted by Gasteiger charge is -2.13. The summed E-state index contributed by atoms with van der Waals surface area (Å²) in [4.78, 5) is 4.72. The van der Waals surface area contributed by atoms with E-state index in [9.17, 15) is 8.42 Å². The number of nitrogens with one attached hydrogen (secondary N) is 2. The molecule has 4 N–H and O–H groups in total. The summed E-state index contributed by atoms with van der Waals surface area (Å²) in [6, 6.07) is 10.2. The van der Waals surface area contributed by atoms with Gasteiger partial charge in [-0.3, -0.25) is 4.68 Å². The molecule has 0 saturated heterocycles. The van der Waals surface area contributed by atoms with Crippen LogP contribution in [-0.2, 0) is 36.6 Å². The van der Waals surface area contributed by atoms with Crippen LogP contribution in [0.4, 0.5) is 0 Å². The number of aryl methyl sites for hydroxylation is 2. The van der Waals surface area contributed by atoms with Gasteiger partial charge >= 0.3 is 0 Å². The molecular weight excluding hydrogens is 543 g/mol. The van der Waals surface area contributed by atoms with Crippen molar-refractivity contribution >= 4 is 40.0 Å². The van der Waals surface area contributed by atoms with Crippen LogP contribution in [0.1, 0.15) is 28.3 Å². The second kappa shape index (κ2) is 11.5. The van der Waals surface area contributed by atoms with Crippen molar-refractivity contribution in [2.75, 3.05) is 6.54 Å². The summed E-state index contributed by atoms with van der Waals surface area (Å²) in [5.74, 6) is 1.54. The molecule has 0 amide bonds. The summed E-state index contributed by atoms with van der Waals surface area (Å²) in [5, 5.41) is 16.3. The highest BCUT2D eigenvalue weighted by Crippen LogP contribution is 2.12.